The molecule has 158 valence electrons. The largest absolute Gasteiger partial charge is 0.353 e. The second kappa shape index (κ2) is 8.32. The van der Waals surface area contributed by atoms with Crippen molar-refractivity contribution in [3.05, 3.63) is 47.7 Å². The van der Waals surface area contributed by atoms with E-state index >= 15 is 0 Å². The Labute approximate surface area is 180 Å². The molecule has 10 nitrogen and oxygen atoms in total. The number of hydrogen-bond acceptors (Lipinski definition) is 9. The van der Waals surface area contributed by atoms with Crippen LogP contribution in [0.15, 0.2) is 41.9 Å². The van der Waals surface area contributed by atoms with Crippen LogP contribution in [0.1, 0.15) is 0 Å². The number of benzene rings is 1. The third-order valence-corrected chi connectivity index (χ3v) is 5.64. The van der Waals surface area contributed by atoms with Gasteiger partial charge in [-0.2, -0.15) is 4.52 Å². The molecule has 0 saturated carbocycles. The first kappa shape index (κ1) is 19.5. The highest BCUT2D eigenvalue weighted by atomic mass is 32.1. The summed E-state index contributed by atoms with van der Waals surface area (Å²) >= 11 is 1.29. The minimum atomic E-state index is -0.371. The first-order valence-corrected chi connectivity index (χ1v) is 10.6. The summed E-state index contributed by atoms with van der Waals surface area (Å²) in [5, 5.41) is 23.6. The summed E-state index contributed by atoms with van der Waals surface area (Å²) in [6.45, 7) is 3.14. The lowest BCUT2D eigenvalue weighted by atomic mass is 10.2. The number of carbonyl (C=O) groups excluding carboxylic acids is 1. The molecule has 0 spiro atoms. The van der Waals surface area contributed by atoms with Crippen molar-refractivity contribution in [3.8, 4) is 11.4 Å². The van der Waals surface area contributed by atoms with Gasteiger partial charge in [0.15, 0.2) is 11.5 Å². The molecule has 5 rings (SSSR count). The quantitative estimate of drug-likeness (QED) is 0.499. The highest BCUT2D eigenvalue weighted by molar-refractivity contribution is 7.13. The van der Waals surface area contributed by atoms with Gasteiger partial charge >= 0.3 is 0 Å². The predicted molar refractivity (Wildman–Crippen MR) is 113 cm³/mol. The third kappa shape index (κ3) is 4.07. The van der Waals surface area contributed by atoms with Crippen LogP contribution in [0.2, 0.25) is 0 Å². The zero-order valence-corrected chi connectivity index (χ0v) is 17.2. The van der Waals surface area contributed by atoms with Gasteiger partial charge in [-0.25, -0.2) is 4.39 Å². The normalized spacial score (nSPS) is 14.8. The zero-order chi connectivity index (χ0) is 21.2. The summed E-state index contributed by atoms with van der Waals surface area (Å²) in [7, 11) is 0. The molecule has 3 aromatic heterocycles. The van der Waals surface area contributed by atoms with E-state index in [1.54, 1.807) is 28.2 Å². The molecule has 0 atom stereocenters. The molecule has 4 heterocycles. The monoisotopic (exact) mass is 439 g/mol. The number of carbonyl (C=O) groups is 1. The maximum Gasteiger partial charge on any atom is 0.240 e. The number of hydrogen-bond donors (Lipinski definition) is 1. The number of amides is 1. The van der Waals surface area contributed by atoms with E-state index in [0.29, 0.717) is 54.9 Å². The van der Waals surface area contributed by atoms with Gasteiger partial charge in [-0.1, -0.05) is 23.5 Å². The van der Waals surface area contributed by atoms with E-state index in [9.17, 15) is 9.18 Å². The molecule has 1 aromatic carbocycles. The number of nitrogens with zero attached hydrogens (tertiary/aromatic N) is 8. The third-order valence-electron chi connectivity index (χ3n) is 5.03. The Kier molecular flexibility index (Phi) is 5.22. The average molecular weight is 439 g/mol. The maximum atomic E-state index is 14.2. The van der Waals surface area contributed by atoms with E-state index in [2.05, 4.69) is 40.6 Å². The molecule has 0 radical (unpaired) electrons. The van der Waals surface area contributed by atoms with Crippen LogP contribution in [0.3, 0.4) is 0 Å². The first-order chi connectivity index (χ1) is 15.2. The molecule has 0 aliphatic carbocycles. The molecular formula is C19H18FN9OS. The summed E-state index contributed by atoms with van der Waals surface area (Å²) in [5.74, 6) is 0.637. The Morgan fingerprint density at radius 3 is 2.68 bits per heavy atom. The van der Waals surface area contributed by atoms with E-state index in [1.807, 2.05) is 12.1 Å². The van der Waals surface area contributed by atoms with Crippen LogP contribution in [0.4, 0.5) is 15.3 Å². The van der Waals surface area contributed by atoms with E-state index in [4.69, 9.17) is 0 Å². The summed E-state index contributed by atoms with van der Waals surface area (Å²) in [6, 6.07) is 10.1. The van der Waals surface area contributed by atoms with Crippen LogP contribution in [0.25, 0.3) is 17.0 Å². The van der Waals surface area contributed by atoms with Gasteiger partial charge < -0.3 is 4.90 Å². The first-order valence-electron chi connectivity index (χ1n) is 9.68. The van der Waals surface area contributed by atoms with Crippen LogP contribution in [-0.2, 0) is 4.79 Å². The van der Waals surface area contributed by atoms with Crippen LogP contribution >= 0.6 is 11.3 Å². The maximum absolute atomic E-state index is 14.2. The smallest absolute Gasteiger partial charge is 0.240 e. The Morgan fingerprint density at radius 1 is 1.06 bits per heavy atom. The number of aromatic nitrogens is 6. The van der Waals surface area contributed by atoms with E-state index in [-0.39, 0.29) is 11.7 Å². The van der Waals surface area contributed by atoms with Crippen molar-refractivity contribution in [2.45, 2.75) is 0 Å². The lowest BCUT2D eigenvalue weighted by Crippen LogP contribution is -2.49. The molecule has 31 heavy (non-hydrogen) atoms. The van der Waals surface area contributed by atoms with Gasteiger partial charge in [0.05, 0.1) is 12.1 Å². The summed E-state index contributed by atoms with van der Waals surface area (Å²) in [4.78, 5) is 16.4. The Hall–Kier alpha value is -3.51. The standard InChI is InChI=1S/C19H18FN9OS/c20-14-4-2-1-3-13(14)18-24-23-15-5-6-16(26-29(15)18)28-9-7-27(8-10-28)11-17(30)22-19-25-21-12-31-19/h1-6,12H,7-11H2,(H,22,25,30). The molecule has 1 N–H and O–H groups in total. The van der Waals surface area contributed by atoms with Gasteiger partial charge in [0.2, 0.25) is 11.0 Å². The predicted octanol–water partition coefficient (Wildman–Crippen LogP) is 1.54. The van der Waals surface area contributed by atoms with Gasteiger partial charge in [-0.15, -0.1) is 25.5 Å². The lowest BCUT2D eigenvalue weighted by Gasteiger charge is -2.34. The molecule has 0 bridgehead atoms. The second-order valence-electron chi connectivity index (χ2n) is 7.02. The second-order valence-corrected chi connectivity index (χ2v) is 7.85. The molecule has 4 aromatic rings. The molecule has 1 aliphatic heterocycles. The van der Waals surface area contributed by atoms with Gasteiger partial charge in [0, 0.05) is 26.2 Å². The molecule has 1 fully saturated rings. The van der Waals surface area contributed by atoms with Crippen LogP contribution in [0.5, 0.6) is 0 Å². The van der Waals surface area contributed by atoms with Crippen molar-refractivity contribution in [2.75, 3.05) is 42.9 Å². The van der Waals surface area contributed by atoms with Gasteiger partial charge in [0.1, 0.15) is 17.1 Å². The van der Waals surface area contributed by atoms with Crippen molar-refractivity contribution >= 4 is 33.8 Å². The number of anilines is 2. The van der Waals surface area contributed by atoms with Gasteiger partial charge in [-0.05, 0) is 24.3 Å². The highest BCUT2D eigenvalue weighted by Gasteiger charge is 2.21. The van der Waals surface area contributed by atoms with E-state index in [0.717, 1.165) is 5.82 Å². The van der Waals surface area contributed by atoms with Crippen molar-refractivity contribution < 1.29 is 9.18 Å². The fourth-order valence-corrected chi connectivity index (χ4v) is 3.94. The minimum absolute atomic E-state index is 0.108. The van der Waals surface area contributed by atoms with Crippen molar-refractivity contribution in [1.82, 2.24) is 34.9 Å². The van der Waals surface area contributed by atoms with Gasteiger partial charge in [0.25, 0.3) is 0 Å². The van der Waals surface area contributed by atoms with Crippen molar-refractivity contribution in [1.29, 1.82) is 0 Å². The van der Waals surface area contributed by atoms with Gasteiger partial charge in [-0.3, -0.25) is 15.0 Å². The molecule has 12 heteroatoms. The zero-order valence-electron chi connectivity index (χ0n) is 16.3. The summed E-state index contributed by atoms with van der Waals surface area (Å²) in [6.07, 6.45) is 0. The fourth-order valence-electron chi connectivity index (χ4n) is 3.48. The Bertz CT molecular complexity index is 1200. The molecule has 1 saturated heterocycles. The number of halogens is 1. The van der Waals surface area contributed by atoms with Crippen molar-refractivity contribution in [3.63, 3.8) is 0 Å². The summed E-state index contributed by atoms with van der Waals surface area (Å²) < 4.78 is 15.8. The lowest BCUT2D eigenvalue weighted by molar-refractivity contribution is -0.117. The topological polar surface area (TPSA) is 104 Å². The number of rotatable bonds is 5. The van der Waals surface area contributed by atoms with E-state index in [1.165, 1.54) is 17.4 Å². The Morgan fingerprint density at radius 2 is 1.90 bits per heavy atom. The number of nitrogens with one attached hydrogen (secondary N) is 1. The number of fused-ring (bicyclic) bond motifs is 1. The molecular weight excluding hydrogens is 421 g/mol. The van der Waals surface area contributed by atoms with Crippen LogP contribution in [0, 0.1) is 5.82 Å². The molecule has 0 unspecified atom stereocenters. The number of piperazine rings is 1. The molecule has 1 aliphatic rings. The SMILES string of the molecule is O=C(CN1CCN(c2ccc3nnc(-c4ccccc4F)n3n2)CC1)Nc1nncs1. The molecule has 1 amide bonds. The minimum Gasteiger partial charge on any atom is -0.353 e. The Balaban J connectivity index is 1.27. The van der Waals surface area contributed by atoms with Crippen molar-refractivity contribution in [2.24, 2.45) is 0 Å². The van der Waals surface area contributed by atoms with Crippen LogP contribution in [-0.4, -0.2) is 73.5 Å². The fraction of sp³-hybridized carbons (Fsp3) is 0.263. The highest BCUT2D eigenvalue weighted by Crippen LogP contribution is 2.22. The summed E-state index contributed by atoms with van der Waals surface area (Å²) in [5.41, 5.74) is 2.48. The average Bonchev–Trinajstić information content (AvgIpc) is 3.44. The van der Waals surface area contributed by atoms with Crippen LogP contribution < -0.4 is 10.2 Å². The van der Waals surface area contributed by atoms with E-state index < -0.39 is 0 Å².